The summed E-state index contributed by atoms with van der Waals surface area (Å²) in [5, 5.41) is 2.50. The fourth-order valence-electron chi connectivity index (χ4n) is 3.26. The van der Waals surface area contributed by atoms with Crippen LogP contribution in [0.15, 0.2) is 48.5 Å². The molecule has 0 bridgehead atoms. The summed E-state index contributed by atoms with van der Waals surface area (Å²) in [6, 6.07) is 13.7. The molecule has 1 heterocycles. The summed E-state index contributed by atoms with van der Waals surface area (Å²) < 4.78 is 19.3. The molecule has 1 aliphatic rings. The average molecular weight is 419 g/mol. The lowest BCUT2D eigenvalue weighted by atomic mass is 10.2. The van der Waals surface area contributed by atoms with E-state index in [2.05, 4.69) is 5.32 Å². The van der Waals surface area contributed by atoms with Crippen LogP contribution in [0.2, 0.25) is 0 Å². The maximum absolute atomic E-state index is 14.2. The Bertz CT molecular complexity index is 880. The van der Waals surface area contributed by atoms with E-state index in [9.17, 15) is 14.0 Å². The van der Waals surface area contributed by atoms with Gasteiger partial charge in [-0.1, -0.05) is 24.3 Å². The Balaban J connectivity index is 1.55. The molecule has 0 aromatic heterocycles. The van der Waals surface area contributed by atoms with E-state index >= 15 is 0 Å². The number of hydrogen-bond donors (Lipinski definition) is 2. The topological polar surface area (TPSA) is 63.1 Å². The largest absolute Gasteiger partial charge is 0.497 e. The van der Waals surface area contributed by atoms with Gasteiger partial charge in [0.05, 0.1) is 14.2 Å². The van der Waals surface area contributed by atoms with Crippen molar-refractivity contribution in [2.24, 2.45) is 0 Å². The van der Waals surface area contributed by atoms with Gasteiger partial charge in [-0.15, -0.1) is 11.8 Å². The third-order valence-electron chi connectivity index (χ3n) is 4.65. The van der Waals surface area contributed by atoms with E-state index in [0.29, 0.717) is 23.5 Å². The van der Waals surface area contributed by atoms with Crippen LogP contribution >= 0.6 is 11.8 Å². The molecule has 0 spiro atoms. The van der Waals surface area contributed by atoms with Crippen molar-refractivity contribution in [2.45, 2.75) is 5.37 Å². The van der Waals surface area contributed by atoms with E-state index < -0.39 is 0 Å². The zero-order chi connectivity index (χ0) is 20.8. The summed E-state index contributed by atoms with van der Waals surface area (Å²) in [4.78, 5) is 27.6. The Morgan fingerprint density at radius 3 is 2.79 bits per heavy atom. The minimum atomic E-state index is -0.317. The second kappa shape index (κ2) is 9.76. The van der Waals surface area contributed by atoms with Gasteiger partial charge < -0.3 is 19.9 Å². The number of halogens is 1. The number of amides is 2. The van der Waals surface area contributed by atoms with Crippen molar-refractivity contribution >= 4 is 29.3 Å². The molecule has 2 aromatic rings. The average Bonchev–Trinajstić information content (AvgIpc) is 3.18. The summed E-state index contributed by atoms with van der Waals surface area (Å²) in [6.07, 6.45) is 0. The van der Waals surface area contributed by atoms with E-state index in [4.69, 9.17) is 4.74 Å². The summed E-state index contributed by atoms with van der Waals surface area (Å²) in [5.74, 6) is 0.840. The Kier molecular flexibility index (Phi) is 7.11. The Hall–Kier alpha value is -2.58. The molecule has 1 unspecified atom stereocenters. The second-order valence-corrected chi connectivity index (χ2v) is 8.11. The Morgan fingerprint density at radius 1 is 1.24 bits per heavy atom. The fourth-order valence-corrected chi connectivity index (χ4v) is 4.56. The number of methoxy groups -OCH3 is 1. The molecule has 1 saturated heterocycles. The van der Waals surface area contributed by atoms with Crippen molar-refractivity contribution in [3.05, 3.63) is 59.9 Å². The molecule has 0 saturated carbocycles. The summed E-state index contributed by atoms with van der Waals surface area (Å²) >= 11 is 1.56. The molecule has 6 nitrogen and oxygen atoms in total. The van der Waals surface area contributed by atoms with Crippen LogP contribution in [0, 0.1) is 5.82 Å². The lowest BCUT2D eigenvalue weighted by Gasteiger charge is -2.25. The van der Waals surface area contributed by atoms with Gasteiger partial charge in [0.2, 0.25) is 0 Å². The zero-order valence-corrected chi connectivity index (χ0v) is 17.3. The first-order chi connectivity index (χ1) is 14.0. The van der Waals surface area contributed by atoms with Crippen molar-refractivity contribution in [1.82, 2.24) is 4.90 Å². The number of ether oxygens (including phenoxy) is 1. The molecule has 1 aliphatic heterocycles. The van der Waals surface area contributed by atoms with Gasteiger partial charge in [0, 0.05) is 29.6 Å². The van der Waals surface area contributed by atoms with E-state index in [0.717, 1.165) is 10.7 Å². The fraction of sp³-hybridized carbons (Fsp3) is 0.333. The zero-order valence-electron chi connectivity index (χ0n) is 16.5. The van der Waals surface area contributed by atoms with E-state index in [1.807, 2.05) is 0 Å². The maximum atomic E-state index is 14.2. The van der Waals surface area contributed by atoms with Gasteiger partial charge in [-0.25, -0.2) is 4.39 Å². The standard InChI is InChI=1S/C21H24FN3O3S/c1-24(13-19(26)23-15-6-5-7-16(12-15)28-2)14-20(27)25-10-11-29-21(25)17-8-3-4-9-18(17)22/h3-9,12,21H,10-11,13-14H2,1-2H3,(H,23,26)/p+1/t21-/m1/s1. The summed E-state index contributed by atoms with van der Waals surface area (Å²) in [5.41, 5.74) is 1.17. The third kappa shape index (κ3) is 5.48. The van der Waals surface area contributed by atoms with Gasteiger partial charge in [-0.3, -0.25) is 9.59 Å². The number of hydrogen-bond acceptors (Lipinski definition) is 4. The molecule has 2 atom stereocenters. The van der Waals surface area contributed by atoms with Gasteiger partial charge in [-0.05, 0) is 18.2 Å². The van der Waals surface area contributed by atoms with Gasteiger partial charge in [0.1, 0.15) is 16.9 Å². The monoisotopic (exact) mass is 418 g/mol. The molecule has 0 aliphatic carbocycles. The predicted molar refractivity (Wildman–Crippen MR) is 112 cm³/mol. The minimum absolute atomic E-state index is 0.0880. The first kappa shape index (κ1) is 21.1. The molecule has 1 fully saturated rings. The van der Waals surface area contributed by atoms with Crippen LogP contribution < -0.4 is 15.0 Å². The number of likely N-dealkylation sites (N-methyl/N-ethyl adjacent to an activating group) is 1. The first-order valence-electron chi connectivity index (χ1n) is 9.38. The second-order valence-electron chi connectivity index (χ2n) is 6.92. The number of carbonyl (C=O) groups is 2. The molecule has 8 heteroatoms. The number of rotatable bonds is 7. The highest BCUT2D eigenvalue weighted by Gasteiger charge is 2.33. The van der Waals surface area contributed by atoms with Crippen LogP contribution in [0.25, 0.3) is 0 Å². The van der Waals surface area contributed by atoms with Crippen molar-refractivity contribution in [1.29, 1.82) is 0 Å². The van der Waals surface area contributed by atoms with Crippen LogP contribution in [-0.4, -0.2) is 56.3 Å². The smallest absolute Gasteiger partial charge is 0.279 e. The maximum Gasteiger partial charge on any atom is 0.279 e. The normalized spacial score (nSPS) is 17.1. The quantitative estimate of drug-likeness (QED) is 0.717. The molecule has 3 rings (SSSR count). The number of carbonyl (C=O) groups excluding carboxylic acids is 2. The number of thioether (sulfide) groups is 1. The number of nitrogens with zero attached hydrogens (tertiary/aromatic N) is 1. The van der Waals surface area contributed by atoms with Gasteiger partial charge >= 0.3 is 0 Å². The van der Waals surface area contributed by atoms with Crippen LogP contribution in [0.4, 0.5) is 10.1 Å². The van der Waals surface area contributed by atoms with Crippen LogP contribution in [0.5, 0.6) is 5.75 Å². The molecule has 2 N–H and O–H groups in total. The van der Waals surface area contributed by atoms with E-state index in [-0.39, 0.29) is 36.1 Å². The summed E-state index contributed by atoms with van der Waals surface area (Å²) in [6.45, 7) is 0.886. The SMILES string of the molecule is COc1cccc(NC(=O)C[NH+](C)CC(=O)N2CCS[C@@H]2c2ccccc2F)c1. The van der Waals surface area contributed by atoms with Crippen molar-refractivity contribution in [3.63, 3.8) is 0 Å². The van der Waals surface area contributed by atoms with Crippen LogP contribution in [0.1, 0.15) is 10.9 Å². The first-order valence-corrected chi connectivity index (χ1v) is 10.4. The van der Waals surface area contributed by atoms with Crippen LogP contribution in [0.3, 0.4) is 0 Å². The number of nitrogens with one attached hydrogen (secondary N) is 2. The third-order valence-corrected chi connectivity index (χ3v) is 5.89. The van der Waals surface area contributed by atoms with Gasteiger partial charge in [0.25, 0.3) is 11.8 Å². The lowest BCUT2D eigenvalue weighted by Crippen LogP contribution is -3.11. The number of anilines is 1. The van der Waals surface area contributed by atoms with Gasteiger partial charge in [0.15, 0.2) is 13.1 Å². The number of benzene rings is 2. The van der Waals surface area contributed by atoms with Crippen molar-refractivity contribution < 1.29 is 23.6 Å². The van der Waals surface area contributed by atoms with E-state index in [1.54, 1.807) is 73.3 Å². The summed E-state index contributed by atoms with van der Waals surface area (Å²) in [7, 11) is 3.36. The number of quaternary nitrogens is 1. The van der Waals surface area contributed by atoms with Gasteiger partial charge in [-0.2, -0.15) is 0 Å². The molecule has 0 radical (unpaired) electrons. The minimum Gasteiger partial charge on any atom is -0.497 e. The molecule has 2 aromatic carbocycles. The molecule has 2 amide bonds. The van der Waals surface area contributed by atoms with Crippen molar-refractivity contribution in [3.8, 4) is 5.75 Å². The molecule has 29 heavy (non-hydrogen) atoms. The van der Waals surface area contributed by atoms with Crippen LogP contribution in [-0.2, 0) is 9.59 Å². The Labute approximate surface area is 174 Å². The lowest BCUT2D eigenvalue weighted by molar-refractivity contribution is -0.862. The highest BCUT2D eigenvalue weighted by molar-refractivity contribution is 7.99. The highest BCUT2D eigenvalue weighted by atomic mass is 32.2. The molecular weight excluding hydrogens is 393 g/mol. The molecule has 154 valence electrons. The van der Waals surface area contributed by atoms with E-state index in [1.165, 1.54) is 6.07 Å². The predicted octanol–water partition coefficient (Wildman–Crippen LogP) is 1.56. The molecular formula is C21H25FN3O3S+. The highest BCUT2D eigenvalue weighted by Crippen LogP contribution is 2.38. The van der Waals surface area contributed by atoms with Crippen molar-refractivity contribution in [2.75, 3.05) is 44.9 Å². The Morgan fingerprint density at radius 2 is 2.03 bits per heavy atom.